The largest absolute Gasteiger partial charge is 0.492 e. The van der Waals surface area contributed by atoms with E-state index >= 15 is 0 Å². The number of aromatic nitrogens is 4. The molecule has 0 unspecified atom stereocenters. The number of hydrogen-bond donors (Lipinski definition) is 2. The van der Waals surface area contributed by atoms with E-state index in [9.17, 15) is 0 Å². The van der Waals surface area contributed by atoms with E-state index in [4.69, 9.17) is 9.47 Å². The minimum absolute atomic E-state index is 0.702. The molecule has 8 nitrogen and oxygen atoms in total. The molecule has 0 atom stereocenters. The van der Waals surface area contributed by atoms with Crippen LogP contribution in [0, 0.1) is 13.8 Å². The lowest BCUT2D eigenvalue weighted by molar-refractivity contribution is 0.313. The van der Waals surface area contributed by atoms with Crippen LogP contribution in [0.2, 0.25) is 0 Å². The van der Waals surface area contributed by atoms with Crippen molar-refractivity contribution in [3.8, 4) is 11.5 Å². The standard InChI is InChI=1S/2C16H23N3O/c1-14-4-5-16(12-15(14)2)20-11-8-17-6-3-9-19-10-7-18-13-19;1-2-15-4-6-16(7-5-15)20-13-10-17-8-3-11-19-12-9-18-14-19/h4-5,7,10,12-13,17H,3,6,8-9,11H2,1-2H3;4-7,9,12,14,17H,2-3,8,10-11,13H2,1H3. The first-order chi connectivity index (χ1) is 19.6. The van der Waals surface area contributed by atoms with Gasteiger partial charge >= 0.3 is 0 Å². The van der Waals surface area contributed by atoms with Crippen LogP contribution < -0.4 is 20.1 Å². The first-order valence-corrected chi connectivity index (χ1v) is 14.4. The summed E-state index contributed by atoms with van der Waals surface area (Å²) in [6.07, 6.45) is 14.6. The van der Waals surface area contributed by atoms with Crippen LogP contribution in [-0.2, 0) is 19.5 Å². The van der Waals surface area contributed by atoms with E-state index < -0.39 is 0 Å². The Morgan fingerprint density at radius 1 is 0.675 bits per heavy atom. The lowest BCUT2D eigenvalue weighted by Crippen LogP contribution is -2.22. The molecule has 0 aliphatic rings. The average molecular weight is 547 g/mol. The zero-order valence-electron chi connectivity index (χ0n) is 24.4. The first-order valence-electron chi connectivity index (χ1n) is 14.4. The van der Waals surface area contributed by atoms with E-state index in [1.165, 1.54) is 16.7 Å². The van der Waals surface area contributed by atoms with Gasteiger partial charge in [0.15, 0.2) is 0 Å². The van der Waals surface area contributed by atoms with Gasteiger partial charge in [0.2, 0.25) is 0 Å². The second-order valence-electron chi connectivity index (χ2n) is 9.75. The Kier molecular flexibility index (Phi) is 14.4. The van der Waals surface area contributed by atoms with Crippen molar-refractivity contribution in [2.75, 3.05) is 39.4 Å². The van der Waals surface area contributed by atoms with Gasteiger partial charge in [0.05, 0.1) is 12.7 Å². The molecule has 4 rings (SSSR count). The Morgan fingerprint density at radius 2 is 1.23 bits per heavy atom. The highest BCUT2D eigenvalue weighted by atomic mass is 16.5. The molecule has 2 aromatic heterocycles. The van der Waals surface area contributed by atoms with E-state index in [0.717, 1.165) is 70.0 Å². The Balaban J connectivity index is 0.000000220. The molecule has 0 fully saturated rings. The van der Waals surface area contributed by atoms with E-state index in [0.29, 0.717) is 13.2 Å². The van der Waals surface area contributed by atoms with Gasteiger partial charge in [-0.15, -0.1) is 0 Å². The fourth-order valence-corrected chi connectivity index (χ4v) is 3.97. The second-order valence-corrected chi connectivity index (χ2v) is 9.75. The Hall–Kier alpha value is -3.62. The normalized spacial score (nSPS) is 10.7. The summed E-state index contributed by atoms with van der Waals surface area (Å²) in [5, 5.41) is 6.77. The molecule has 4 aromatic rings. The lowest BCUT2D eigenvalue weighted by Gasteiger charge is -2.09. The highest BCUT2D eigenvalue weighted by Crippen LogP contribution is 2.16. The minimum Gasteiger partial charge on any atom is -0.492 e. The number of nitrogens with zero attached hydrogens (tertiary/aromatic N) is 4. The van der Waals surface area contributed by atoms with E-state index in [2.05, 4.69) is 74.8 Å². The van der Waals surface area contributed by atoms with Crippen LogP contribution in [0.5, 0.6) is 11.5 Å². The van der Waals surface area contributed by atoms with Crippen molar-refractivity contribution in [3.63, 3.8) is 0 Å². The molecular weight excluding hydrogens is 500 g/mol. The zero-order valence-corrected chi connectivity index (χ0v) is 24.4. The lowest BCUT2D eigenvalue weighted by atomic mass is 10.1. The maximum atomic E-state index is 5.72. The number of aryl methyl sites for hydroxylation is 5. The van der Waals surface area contributed by atoms with E-state index in [1.807, 2.05) is 55.6 Å². The smallest absolute Gasteiger partial charge is 0.119 e. The minimum atomic E-state index is 0.702. The van der Waals surface area contributed by atoms with E-state index in [-0.39, 0.29) is 0 Å². The Morgan fingerprint density at radius 3 is 1.73 bits per heavy atom. The van der Waals surface area contributed by atoms with Gasteiger partial charge in [-0.3, -0.25) is 0 Å². The molecular formula is C32H46N6O2. The average Bonchev–Trinajstić information content (AvgIpc) is 3.69. The molecule has 0 saturated heterocycles. The van der Waals surface area contributed by atoms with Crippen LogP contribution in [0.25, 0.3) is 0 Å². The number of hydrogen-bond acceptors (Lipinski definition) is 6. The molecule has 2 N–H and O–H groups in total. The van der Waals surface area contributed by atoms with Gasteiger partial charge in [-0.2, -0.15) is 0 Å². The number of ether oxygens (including phenoxy) is 2. The Labute approximate surface area is 239 Å². The van der Waals surface area contributed by atoms with Gasteiger partial charge in [0.25, 0.3) is 0 Å². The van der Waals surface area contributed by atoms with Gasteiger partial charge in [0.1, 0.15) is 24.7 Å². The molecule has 0 spiro atoms. The third kappa shape index (κ3) is 12.5. The van der Waals surface area contributed by atoms with Crippen LogP contribution in [0.15, 0.2) is 79.9 Å². The van der Waals surface area contributed by atoms with Gasteiger partial charge in [0, 0.05) is 51.0 Å². The molecule has 0 aliphatic heterocycles. The van der Waals surface area contributed by atoms with Crippen molar-refractivity contribution in [3.05, 3.63) is 96.6 Å². The molecule has 2 aromatic carbocycles. The van der Waals surface area contributed by atoms with Gasteiger partial charge in [-0.25, -0.2) is 9.97 Å². The molecule has 0 aliphatic carbocycles. The summed E-state index contributed by atoms with van der Waals surface area (Å²) >= 11 is 0. The molecule has 0 saturated carbocycles. The van der Waals surface area contributed by atoms with Crippen LogP contribution >= 0.6 is 0 Å². The highest BCUT2D eigenvalue weighted by Gasteiger charge is 1.98. The molecule has 40 heavy (non-hydrogen) atoms. The summed E-state index contributed by atoms with van der Waals surface area (Å²) in [5.41, 5.74) is 3.92. The molecule has 2 heterocycles. The predicted molar refractivity (Wildman–Crippen MR) is 162 cm³/mol. The summed E-state index contributed by atoms with van der Waals surface area (Å²) in [6.45, 7) is 13.5. The molecule has 216 valence electrons. The van der Waals surface area contributed by atoms with Crippen molar-refractivity contribution >= 4 is 0 Å². The van der Waals surface area contributed by atoms with Crippen molar-refractivity contribution in [1.29, 1.82) is 0 Å². The van der Waals surface area contributed by atoms with Crippen LogP contribution in [-0.4, -0.2) is 58.5 Å². The van der Waals surface area contributed by atoms with Crippen molar-refractivity contribution in [2.24, 2.45) is 0 Å². The van der Waals surface area contributed by atoms with Crippen LogP contribution in [0.4, 0.5) is 0 Å². The zero-order chi connectivity index (χ0) is 28.3. The summed E-state index contributed by atoms with van der Waals surface area (Å²) in [6, 6.07) is 14.5. The molecule has 8 heteroatoms. The number of nitrogens with one attached hydrogen (secondary N) is 2. The van der Waals surface area contributed by atoms with Crippen molar-refractivity contribution in [1.82, 2.24) is 29.7 Å². The van der Waals surface area contributed by atoms with Gasteiger partial charge < -0.3 is 29.2 Å². The summed E-state index contributed by atoms with van der Waals surface area (Å²) in [7, 11) is 0. The monoisotopic (exact) mass is 546 g/mol. The number of benzene rings is 2. The Bertz CT molecular complexity index is 1160. The quantitative estimate of drug-likeness (QED) is 0.180. The molecule has 0 amide bonds. The molecule has 0 bridgehead atoms. The molecule has 0 radical (unpaired) electrons. The summed E-state index contributed by atoms with van der Waals surface area (Å²) in [4.78, 5) is 8.04. The highest BCUT2D eigenvalue weighted by molar-refractivity contribution is 5.33. The van der Waals surface area contributed by atoms with Crippen LogP contribution in [0.1, 0.15) is 36.5 Å². The second kappa shape index (κ2) is 18.6. The maximum absolute atomic E-state index is 5.72. The van der Waals surface area contributed by atoms with Crippen molar-refractivity contribution < 1.29 is 9.47 Å². The van der Waals surface area contributed by atoms with Gasteiger partial charge in [-0.1, -0.05) is 25.1 Å². The topological polar surface area (TPSA) is 78.2 Å². The first kappa shape index (κ1) is 30.9. The fraction of sp³-hybridized carbons (Fsp3) is 0.438. The predicted octanol–water partition coefficient (Wildman–Crippen LogP) is 5.06. The van der Waals surface area contributed by atoms with Gasteiger partial charge in [-0.05, 0) is 87.2 Å². The van der Waals surface area contributed by atoms with Crippen molar-refractivity contribution in [2.45, 2.75) is 53.1 Å². The third-order valence-corrected chi connectivity index (χ3v) is 6.56. The van der Waals surface area contributed by atoms with Crippen LogP contribution in [0.3, 0.4) is 0 Å². The maximum Gasteiger partial charge on any atom is 0.119 e. The fourth-order valence-electron chi connectivity index (χ4n) is 3.97. The summed E-state index contributed by atoms with van der Waals surface area (Å²) < 4.78 is 15.6. The third-order valence-electron chi connectivity index (χ3n) is 6.56. The SMILES string of the molecule is CCc1ccc(OCCNCCCn2ccnc2)cc1.Cc1ccc(OCCNCCCn2ccnc2)cc1C. The number of imidazole rings is 2. The van der Waals surface area contributed by atoms with E-state index in [1.54, 1.807) is 0 Å². The summed E-state index contributed by atoms with van der Waals surface area (Å²) in [5.74, 6) is 1.90. The number of rotatable bonds is 17.